The maximum atomic E-state index is 12.4. The Kier molecular flexibility index (Phi) is 27.3. The number of ketones is 1. The number of hydrogen-bond donors (Lipinski definition) is 3. The SMILES string of the molecule is CC/C=C\C/C=C\C/C=C\C/C=C\CCCCC(=O)O[C@H](COC(=O)CCC/C=C\C[C@H]1C=CC(=O)[C@@H]1/C=C/[C@@H](O)CCCCC)COP(=O)(O)O. The third kappa shape index (κ3) is 26.6. The average Bonchev–Trinajstić information content (AvgIpc) is 3.46. The molecule has 0 heterocycles. The molecule has 292 valence electrons. The molecule has 0 bridgehead atoms. The second-order valence-electron chi connectivity index (χ2n) is 12.8. The number of aliphatic hydroxyl groups is 1. The summed E-state index contributed by atoms with van der Waals surface area (Å²) in [5, 5.41) is 10.2. The van der Waals surface area contributed by atoms with Gasteiger partial charge < -0.3 is 24.4 Å². The van der Waals surface area contributed by atoms with Crippen molar-refractivity contribution in [3.8, 4) is 0 Å². The van der Waals surface area contributed by atoms with Crippen molar-refractivity contribution in [2.75, 3.05) is 13.2 Å². The van der Waals surface area contributed by atoms with Crippen LogP contribution in [0.3, 0.4) is 0 Å². The molecule has 52 heavy (non-hydrogen) atoms. The van der Waals surface area contributed by atoms with Crippen LogP contribution in [0.2, 0.25) is 0 Å². The van der Waals surface area contributed by atoms with Crippen LogP contribution in [0.1, 0.15) is 117 Å². The third-order valence-electron chi connectivity index (χ3n) is 8.15. The van der Waals surface area contributed by atoms with E-state index in [1.54, 1.807) is 12.2 Å². The van der Waals surface area contributed by atoms with Crippen LogP contribution in [0.15, 0.2) is 85.1 Å². The molecule has 0 amide bonds. The van der Waals surface area contributed by atoms with Gasteiger partial charge in [-0.25, -0.2) is 4.57 Å². The molecule has 0 saturated heterocycles. The summed E-state index contributed by atoms with van der Waals surface area (Å²) >= 11 is 0. The number of carbonyl (C=O) groups is 3. The first kappa shape index (κ1) is 46.9. The van der Waals surface area contributed by atoms with Crippen LogP contribution in [0.4, 0.5) is 0 Å². The van der Waals surface area contributed by atoms with E-state index in [2.05, 4.69) is 67.0 Å². The fourth-order valence-corrected chi connectivity index (χ4v) is 5.59. The highest BCUT2D eigenvalue weighted by Crippen LogP contribution is 2.36. The fraction of sp³-hybridized carbons (Fsp3) is 0.585. The van der Waals surface area contributed by atoms with Gasteiger partial charge in [0.15, 0.2) is 11.9 Å². The van der Waals surface area contributed by atoms with Crippen molar-refractivity contribution in [2.45, 2.75) is 129 Å². The molecule has 4 atom stereocenters. The van der Waals surface area contributed by atoms with Crippen molar-refractivity contribution < 1.29 is 47.8 Å². The fourth-order valence-electron chi connectivity index (χ4n) is 5.23. The molecular weight excluding hydrogens is 683 g/mol. The van der Waals surface area contributed by atoms with E-state index in [1.165, 1.54) is 0 Å². The highest BCUT2D eigenvalue weighted by Gasteiger charge is 2.27. The quantitative estimate of drug-likeness (QED) is 0.0281. The van der Waals surface area contributed by atoms with Crippen LogP contribution in [0, 0.1) is 11.8 Å². The molecule has 0 saturated carbocycles. The molecule has 0 aromatic rings. The van der Waals surface area contributed by atoms with E-state index in [9.17, 15) is 24.1 Å². The second-order valence-corrected chi connectivity index (χ2v) is 14.1. The van der Waals surface area contributed by atoms with Gasteiger partial charge in [0.2, 0.25) is 0 Å². The molecule has 1 rings (SSSR count). The number of rotatable bonds is 30. The minimum atomic E-state index is -4.82. The predicted molar refractivity (Wildman–Crippen MR) is 206 cm³/mol. The van der Waals surface area contributed by atoms with Crippen molar-refractivity contribution in [1.29, 1.82) is 0 Å². The van der Waals surface area contributed by atoms with Gasteiger partial charge in [-0.15, -0.1) is 0 Å². The number of ether oxygens (including phenoxy) is 2. The highest BCUT2D eigenvalue weighted by atomic mass is 31.2. The van der Waals surface area contributed by atoms with E-state index in [0.717, 1.165) is 57.8 Å². The largest absolute Gasteiger partial charge is 0.469 e. The van der Waals surface area contributed by atoms with Crippen LogP contribution in [-0.2, 0) is 32.9 Å². The van der Waals surface area contributed by atoms with Gasteiger partial charge >= 0.3 is 19.8 Å². The van der Waals surface area contributed by atoms with Gasteiger partial charge in [0.25, 0.3) is 0 Å². The highest BCUT2D eigenvalue weighted by molar-refractivity contribution is 7.46. The number of esters is 2. The molecular formula is C41H63O10P. The first-order valence-corrected chi connectivity index (χ1v) is 20.5. The molecule has 0 fully saturated rings. The van der Waals surface area contributed by atoms with Crippen molar-refractivity contribution in [3.05, 3.63) is 85.1 Å². The smallest absolute Gasteiger partial charge is 0.462 e. The Labute approximate surface area is 311 Å². The zero-order valence-electron chi connectivity index (χ0n) is 31.3. The molecule has 0 aliphatic heterocycles. The van der Waals surface area contributed by atoms with Gasteiger partial charge in [-0.05, 0) is 82.6 Å². The topological polar surface area (TPSA) is 157 Å². The average molecular weight is 747 g/mol. The summed E-state index contributed by atoms with van der Waals surface area (Å²) in [6.07, 6.45) is 38.0. The third-order valence-corrected chi connectivity index (χ3v) is 8.63. The maximum absolute atomic E-state index is 12.4. The van der Waals surface area contributed by atoms with E-state index < -0.39 is 38.6 Å². The zero-order chi connectivity index (χ0) is 38.3. The molecule has 3 N–H and O–H groups in total. The van der Waals surface area contributed by atoms with Crippen molar-refractivity contribution in [3.63, 3.8) is 0 Å². The van der Waals surface area contributed by atoms with Crippen LogP contribution in [-0.4, -0.2) is 58.0 Å². The molecule has 10 nitrogen and oxygen atoms in total. The standard InChI is InChI=1S/C41H63O10P/c1-3-5-7-8-9-10-11-12-13-14-15-16-17-18-24-28-41(45)51-37(34-50-52(46,47)48)33-49-40(44)27-23-20-19-22-25-35-29-32-39(43)38(35)31-30-36(42)26-21-6-4-2/h5,7,9-10,12-13,15-16,19,22,29-32,35-38,42H,3-4,6,8,11,14,17-18,20-21,23-28,33-34H2,1-2H3,(H2,46,47,48)/b7-5-,10-9-,13-12-,16-15-,22-19-,31-30+/t35-,36-,37+,38+/m0/s1. The van der Waals surface area contributed by atoms with Gasteiger partial charge in [-0.3, -0.25) is 18.9 Å². The lowest BCUT2D eigenvalue weighted by molar-refractivity contribution is -0.161. The number of phosphoric ester groups is 1. The summed E-state index contributed by atoms with van der Waals surface area (Å²) < 4.78 is 26.2. The van der Waals surface area contributed by atoms with Gasteiger partial charge in [0, 0.05) is 18.8 Å². The lowest BCUT2D eigenvalue weighted by atomic mass is 9.90. The first-order chi connectivity index (χ1) is 25.1. The van der Waals surface area contributed by atoms with E-state index in [4.69, 9.17) is 19.3 Å². The van der Waals surface area contributed by atoms with Gasteiger partial charge in [0.05, 0.1) is 12.7 Å². The molecule has 0 spiro atoms. The molecule has 1 aliphatic carbocycles. The summed E-state index contributed by atoms with van der Waals surface area (Å²) in [5.41, 5.74) is 0. The number of allylic oxidation sites excluding steroid dienone is 13. The molecule has 0 aromatic carbocycles. The first-order valence-electron chi connectivity index (χ1n) is 18.9. The Morgan fingerprint density at radius 2 is 1.44 bits per heavy atom. The Balaban J connectivity index is 2.33. The number of hydrogen-bond acceptors (Lipinski definition) is 8. The van der Waals surface area contributed by atoms with Gasteiger partial charge in [-0.1, -0.05) is 112 Å². The Morgan fingerprint density at radius 1 is 0.808 bits per heavy atom. The summed E-state index contributed by atoms with van der Waals surface area (Å²) in [5.74, 6) is -1.33. The Morgan fingerprint density at radius 3 is 2.12 bits per heavy atom. The summed E-state index contributed by atoms with van der Waals surface area (Å²) in [6, 6.07) is 0. The van der Waals surface area contributed by atoms with Crippen molar-refractivity contribution in [2.24, 2.45) is 11.8 Å². The van der Waals surface area contributed by atoms with Gasteiger partial charge in [0.1, 0.15) is 6.61 Å². The molecule has 0 unspecified atom stereocenters. The molecule has 11 heteroatoms. The summed E-state index contributed by atoms with van der Waals surface area (Å²) in [7, 11) is -4.82. The minimum Gasteiger partial charge on any atom is -0.462 e. The Hall–Kier alpha value is -3.14. The summed E-state index contributed by atoms with van der Waals surface area (Å²) in [6.45, 7) is 3.23. The zero-order valence-corrected chi connectivity index (χ0v) is 32.2. The normalized spacial score (nSPS) is 18.0. The van der Waals surface area contributed by atoms with Crippen molar-refractivity contribution in [1.82, 2.24) is 0 Å². The second kappa shape index (κ2) is 30.3. The van der Waals surface area contributed by atoms with Gasteiger partial charge in [-0.2, -0.15) is 0 Å². The Bertz CT molecular complexity index is 1260. The van der Waals surface area contributed by atoms with Crippen LogP contribution < -0.4 is 0 Å². The summed E-state index contributed by atoms with van der Waals surface area (Å²) in [4.78, 5) is 55.2. The van der Waals surface area contributed by atoms with Crippen molar-refractivity contribution >= 4 is 25.5 Å². The predicted octanol–water partition coefficient (Wildman–Crippen LogP) is 8.90. The maximum Gasteiger partial charge on any atom is 0.469 e. The minimum absolute atomic E-state index is 0.0216. The number of carbonyl (C=O) groups excluding carboxylic acids is 3. The molecule has 1 aliphatic rings. The number of phosphoric acid groups is 1. The monoisotopic (exact) mass is 746 g/mol. The van der Waals surface area contributed by atoms with Crippen LogP contribution >= 0.6 is 7.82 Å². The van der Waals surface area contributed by atoms with Crippen LogP contribution in [0.25, 0.3) is 0 Å². The number of aliphatic hydroxyl groups excluding tert-OH is 1. The van der Waals surface area contributed by atoms with Crippen LogP contribution in [0.5, 0.6) is 0 Å². The molecule has 0 radical (unpaired) electrons. The lowest BCUT2D eigenvalue weighted by Gasteiger charge is -2.18. The van der Waals surface area contributed by atoms with E-state index >= 15 is 0 Å². The lowest BCUT2D eigenvalue weighted by Crippen LogP contribution is -2.29. The van der Waals surface area contributed by atoms with E-state index in [1.807, 2.05) is 24.3 Å². The van der Waals surface area contributed by atoms with E-state index in [-0.39, 0.29) is 37.1 Å². The van der Waals surface area contributed by atoms with E-state index in [0.29, 0.717) is 32.1 Å². The number of unbranched alkanes of at least 4 members (excludes halogenated alkanes) is 5. The molecule has 0 aromatic heterocycles.